The molecule has 1 N–H and O–H groups in total. The van der Waals surface area contributed by atoms with Crippen molar-refractivity contribution < 1.29 is 4.42 Å². The van der Waals surface area contributed by atoms with Crippen LogP contribution in [0.5, 0.6) is 0 Å². The summed E-state index contributed by atoms with van der Waals surface area (Å²) in [6, 6.07) is 0.479. The van der Waals surface area contributed by atoms with Crippen LogP contribution in [0.25, 0.3) is 0 Å². The second kappa shape index (κ2) is 6.60. The van der Waals surface area contributed by atoms with Crippen molar-refractivity contribution >= 4 is 0 Å². The molecule has 1 aliphatic rings. The van der Waals surface area contributed by atoms with Crippen LogP contribution in [-0.2, 0) is 13.0 Å². The van der Waals surface area contributed by atoms with Gasteiger partial charge < -0.3 is 9.73 Å². The van der Waals surface area contributed by atoms with E-state index in [1.165, 1.54) is 32.1 Å². The fourth-order valence-corrected chi connectivity index (χ4v) is 2.14. The lowest BCUT2D eigenvalue weighted by molar-refractivity contribution is 0.418. The first-order valence-electron chi connectivity index (χ1n) is 6.72. The van der Waals surface area contributed by atoms with E-state index in [9.17, 15) is 0 Å². The maximum atomic E-state index is 5.58. The van der Waals surface area contributed by atoms with Gasteiger partial charge in [0.2, 0.25) is 5.89 Å². The van der Waals surface area contributed by atoms with Crippen LogP contribution in [0.2, 0.25) is 0 Å². The summed E-state index contributed by atoms with van der Waals surface area (Å²) in [6.07, 6.45) is 13.8. The van der Waals surface area contributed by atoms with E-state index in [2.05, 4.69) is 29.4 Å². The molecule has 17 heavy (non-hydrogen) atoms. The number of aromatic nitrogens is 1. The van der Waals surface area contributed by atoms with Crippen LogP contribution in [0, 0.1) is 0 Å². The standard InChI is InChI=1S/C14H22N2O/c1-2-13-10-16-14(17-13)11-15-12-8-6-4-3-5-7-9-12/h6,8,10,12,15H,2-5,7,9,11H2,1H3/b8-6+. The van der Waals surface area contributed by atoms with Crippen molar-refractivity contribution in [3.05, 3.63) is 30.0 Å². The molecule has 3 nitrogen and oxygen atoms in total. The third-order valence-electron chi connectivity index (χ3n) is 3.22. The van der Waals surface area contributed by atoms with Gasteiger partial charge in [0.15, 0.2) is 0 Å². The van der Waals surface area contributed by atoms with E-state index >= 15 is 0 Å². The van der Waals surface area contributed by atoms with Crippen LogP contribution in [-0.4, -0.2) is 11.0 Å². The molecule has 0 amide bonds. The lowest BCUT2D eigenvalue weighted by Gasteiger charge is -2.15. The van der Waals surface area contributed by atoms with Gasteiger partial charge in [-0.1, -0.05) is 31.9 Å². The lowest BCUT2D eigenvalue weighted by atomic mass is 10.0. The molecule has 1 unspecified atom stereocenters. The highest BCUT2D eigenvalue weighted by atomic mass is 16.4. The van der Waals surface area contributed by atoms with Crippen LogP contribution in [0.3, 0.4) is 0 Å². The molecule has 1 aliphatic carbocycles. The summed E-state index contributed by atoms with van der Waals surface area (Å²) in [6.45, 7) is 2.81. The topological polar surface area (TPSA) is 38.1 Å². The fourth-order valence-electron chi connectivity index (χ4n) is 2.14. The Morgan fingerprint density at radius 2 is 2.35 bits per heavy atom. The number of allylic oxidation sites excluding steroid dienone is 1. The molecule has 1 aromatic rings. The minimum atomic E-state index is 0.479. The summed E-state index contributed by atoms with van der Waals surface area (Å²) in [5.74, 6) is 1.77. The Hall–Kier alpha value is -1.09. The molecule has 0 saturated heterocycles. The Morgan fingerprint density at radius 1 is 1.41 bits per heavy atom. The first-order chi connectivity index (χ1) is 8.38. The minimum Gasteiger partial charge on any atom is -0.444 e. The van der Waals surface area contributed by atoms with Crippen LogP contribution < -0.4 is 5.32 Å². The van der Waals surface area contributed by atoms with Crippen LogP contribution in [0.4, 0.5) is 0 Å². The number of hydrogen-bond donors (Lipinski definition) is 1. The summed E-state index contributed by atoms with van der Waals surface area (Å²) >= 11 is 0. The van der Waals surface area contributed by atoms with Crippen LogP contribution in [0.15, 0.2) is 22.8 Å². The number of aryl methyl sites for hydroxylation is 1. The number of nitrogens with zero attached hydrogens (tertiary/aromatic N) is 1. The number of hydrogen-bond acceptors (Lipinski definition) is 3. The van der Waals surface area contributed by atoms with Gasteiger partial charge in [0.1, 0.15) is 5.76 Å². The van der Waals surface area contributed by atoms with Gasteiger partial charge in [-0.25, -0.2) is 4.98 Å². The molecule has 0 aliphatic heterocycles. The number of oxazole rings is 1. The fraction of sp³-hybridized carbons (Fsp3) is 0.643. The predicted octanol–water partition coefficient (Wildman–Crippen LogP) is 3.22. The van der Waals surface area contributed by atoms with E-state index in [1.807, 2.05) is 6.20 Å². The zero-order valence-electron chi connectivity index (χ0n) is 10.6. The minimum absolute atomic E-state index is 0.479. The van der Waals surface area contributed by atoms with Gasteiger partial charge in [0.05, 0.1) is 12.7 Å². The van der Waals surface area contributed by atoms with E-state index in [-0.39, 0.29) is 0 Å². The highest BCUT2D eigenvalue weighted by Gasteiger charge is 2.08. The van der Waals surface area contributed by atoms with Gasteiger partial charge in [0.25, 0.3) is 0 Å². The third kappa shape index (κ3) is 4.00. The van der Waals surface area contributed by atoms with Crippen molar-refractivity contribution in [2.75, 3.05) is 0 Å². The Bertz CT molecular complexity index is 357. The quantitative estimate of drug-likeness (QED) is 0.813. The highest BCUT2D eigenvalue weighted by molar-refractivity contribution is 4.97. The molecular weight excluding hydrogens is 212 g/mol. The van der Waals surface area contributed by atoms with Crippen molar-refractivity contribution in [1.82, 2.24) is 10.3 Å². The third-order valence-corrected chi connectivity index (χ3v) is 3.22. The van der Waals surface area contributed by atoms with E-state index in [0.29, 0.717) is 6.04 Å². The summed E-state index contributed by atoms with van der Waals surface area (Å²) < 4.78 is 5.58. The molecule has 0 bridgehead atoms. The molecule has 1 aromatic heterocycles. The summed E-state index contributed by atoms with van der Waals surface area (Å²) in [4.78, 5) is 4.26. The van der Waals surface area contributed by atoms with E-state index in [1.54, 1.807) is 0 Å². The second-order valence-electron chi connectivity index (χ2n) is 4.63. The van der Waals surface area contributed by atoms with Crippen molar-refractivity contribution in [3.8, 4) is 0 Å². The van der Waals surface area contributed by atoms with Gasteiger partial charge in [-0.05, 0) is 19.3 Å². The Morgan fingerprint density at radius 3 is 3.18 bits per heavy atom. The summed E-state index contributed by atoms with van der Waals surface area (Å²) in [7, 11) is 0. The van der Waals surface area contributed by atoms with Gasteiger partial charge in [0, 0.05) is 12.5 Å². The first kappa shape index (κ1) is 12.4. The molecule has 94 valence electrons. The highest BCUT2D eigenvalue weighted by Crippen LogP contribution is 2.12. The lowest BCUT2D eigenvalue weighted by Crippen LogP contribution is -2.27. The Labute approximate surface area is 103 Å². The van der Waals surface area contributed by atoms with Crippen molar-refractivity contribution in [2.24, 2.45) is 0 Å². The van der Waals surface area contributed by atoms with Gasteiger partial charge >= 0.3 is 0 Å². The molecule has 0 aromatic carbocycles. The van der Waals surface area contributed by atoms with Crippen LogP contribution in [0.1, 0.15) is 50.7 Å². The van der Waals surface area contributed by atoms with Gasteiger partial charge in [-0.2, -0.15) is 0 Å². The van der Waals surface area contributed by atoms with Crippen molar-refractivity contribution in [1.29, 1.82) is 0 Å². The second-order valence-corrected chi connectivity index (χ2v) is 4.63. The molecule has 0 saturated carbocycles. The zero-order valence-corrected chi connectivity index (χ0v) is 10.6. The largest absolute Gasteiger partial charge is 0.444 e. The van der Waals surface area contributed by atoms with Gasteiger partial charge in [-0.15, -0.1) is 0 Å². The van der Waals surface area contributed by atoms with Gasteiger partial charge in [-0.3, -0.25) is 0 Å². The van der Waals surface area contributed by atoms with Crippen molar-refractivity contribution in [3.63, 3.8) is 0 Å². The SMILES string of the molecule is CCc1cnc(CNC2/C=C/CCCCC2)o1. The number of rotatable bonds is 4. The zero-order chi connectivity index (χ0) is 11.9. The Balaban J connectivity index is 1.81. The maximum Gasteiger partial charge on any atom is 0.208 e. The average Bonchev–Trinajstić information content (AvgIpc) is 2.75. The smallest absolute Gasteiger partial charge is 0.208 e. The normalized spacial score (nSPS) is 23.0. The molecule has 2 rings (SSSR count). The molecule has 1 atom stereocenters. The maximum absolute atomic E-state index is 5.58. The van der Waals surface area contributed by atoms with E-state index in [4.69, 9.17) is 4.42 Å². The summed E-state index contributed by atoms with van der Waals surface area (Å²) in [5.41, 5.74) is 0. The molecule has 0 fully saturated rings. The van der Waals surface area contributed by atoms with Crippen molar-refractivity contribution in [2.45, 2.75) is 58.0 Å². The first-order valence-corrected chi connectivity index (χ1v) is 6.72. The number of nitrogens with one attached hydrogen (secondary N) is 1. The molecule has 1 heterocycles. The predicted molar refractivity (Wildman–Crippen MR) is 68.7 cm³/mol. The average molecular weight is 234 g/mol. The van der Waals surface area contributed by atoms with E-state index in [0.717, 1.165) is 24.6 Å². The molecule has 3 heteroatoms. The van der Waals surface area contributed by atoms with E-state index < -0.39 is 0 Å². The monoisotopic (exact) mass is 234 g/mol. The molecule has 0 radical (unpaired) electrons. The molecule has 0 spiro atoms. The van der Waals surface area contributed by atoms with Crippen LogP contribution >= 0.6 is 0 Å². The summed E-state index contributed by atoms with van der Waals surface area (Å²) in [5, 5.41) is 3.50. The Kier molecular flexibility index (Phi) is 4.80. The molecular formula is C14H22N2O.